The van der Waals surface area contributed by atoms with Crippen LogP contribution in [0.1, 0.15) is 22.6 Å². The average Bonchev–Trinajstić information content (AvgIpc) is 3.38. The van der Waals surface area contributed by atoms with Crippen molar-refractivity contribution >= 4 is 34.6 Å². The van der Waals surface area contributed by atoms with Gasteiger partial charge < -0.3 is 10.1 Å². The molecule has 1 aliphatic heterocycles. The molecule has 1 fully saturated rings. The Morgan fingerprint density at radius 2 is 1.96 bits per heavy atom. The van der Waals surface area contributed by atoms with E-state index in [1.54, 1.807) is 22.7 Å². The van der Waals surface area contributed by atoms with Crippen molar-refractivity contribution in [2.45, 2.75) is 31.9 Å². The second-order valence-electron chi connectivity index (χ2n) is 6.52. The third-order valence-corrected chi connectivity index (χ3v) is 6.10. The molecule has 2 aromatic rings. The molecule has 0 radical (unpaired) electrons. The highest BCUT2D eigenvalue weighted by Crippen LogP contribution is 2.17. The summed E-state index contributed by atoms with van der Waals surface area (Å²) in [6, 6.07) is 7.64. The molecule has 146 valence electrons. The number of urea groups is 1. The molecule has 6 nitrogen and oxygen atoms in total. The number of amides is 3. The molecule has 3 amide bonds. The van der Waals surface area contributed by atoms with E-state index in [2.05, 4.69) is 21.6 Å². The van der Waals surface area contributed by atoms with Gasteiger partial charge in [-0.05, 0) is 42.2 Å². The van der Waals surface area contributed by atoms with Crippen LogP contribution in [0.5, 0.6) is 0 Å². The van der Waals surface area contributed by atoms with Crippen LogP contribution in [0.2, 0.25) is 0 Å². The van der Waals surface area contributed by atoms with Gasteiger partial charge >= 0.3 is 6.03 Å². The molecule has 2 aromatic heterocycles. The number of rotatable bonds is 9. The second kappa shape index (κ2) is 10.6. The Kier molecular flexibility index (Phi) is 7.82. The van der Waals surface area contributed by atoms with Gasteiger partial charge in [0.15, 0.2) is 0 Å². The molecule has 27 heavy (non-hydrogen) atoms. The molecular weight excluding hydrogens is 382 g/mol. The van der Waals surface area contributed by atoms with Gasteiger partial charge in [-0.25, -0.2) is 4.79 Å². The lowest BCUT2D eigenvalue weighted by Gasteiger charge is -2.24. The highest BCUT2D eigenvalue weighted by Gasteiger charge is 2.22. The molecule has 0 unspecified atom stereocenters. The molecule has 0 aromatic carbocycles. The number of thiophene rings is 2. The number of imide groups is 1. The van der Waals surface area contributed by atoms with Crippen molar-refractivity contribution in [2.75, 3.05) is 26.2 Å². The van der Waals surface area contributed by atoms with Crippen LogP contribution in [-0.2, 0) is 22.5 Å². The maximum Gasteiger partial charge on any atom is 0.321 e. The van der Waals surface area contributed by atoms with E-state index in [0.29, 0.717) is 19.6 Å². The molecule has 1 saturated heterocycles. The topological polar surface area (TPSA) is 70.7 Å². The maximum absolute atomic E-state index is 12.3. The largest absolute Gasteiger partial charge is 0.377 e. The minimum atomic E-state index is -0.440. The molecular formula is C19H25N3O3S2. The predicted octanol–water partition coefficient (Wildman–Crippen LogP) is 2.86. The van der Waals surface area contributed by atoms with Gasteiger partial charge in [-0.2, -0.15) is 0 Å². The third kappa shape index (κ3) is 7.06. The zero-order valence-corrected chi connectivity index (χ0v) is 16.8. The Bertz CT molecular complexity index is 698. The molecule has 0 saturated carbocycles. The Balaban J connectivity index is 1.43. The quantitative estimate of drug-likeness (QED) is 0.671. The fraction of sp³-hybridized carbons (Fsp3) is 0.474. The maximum atomic E-state index is 12.3. The fourth-order valence-corrected chi connectivity index (χ4v) is 4.51. The number of nitrogens with one attached hydrogen (secondary N) is 2. The fourth-order valence-electron chi connectivity index (χ4n) is 3.05. The molecule has 0 aliphatic carbocycles. The van der Waals surface area contributed by atoms with Crippen LogP contribution >= 0.6 is 22.7 Å². The van der Waals surface area contributed by atoms with Crippen molar-refractivity contribution in [3.63, 3.8) is 0 Å². The summed E-state index contributed by atoms with van der Waals surface area (Å²) >= 11 is 3.32. The first-order valence-corrected chi connectivity index (χ1v) is 10.9. The molecule has 0 bridgehead atoms. The first kappa shape index (κ1) is 20.0. The number of ether oxygens (including phenoxy) is 1. The van der Waals surface area contributed by atoms with E-state index in [-0.39, 0.29) is 18.6 Å². The van der Waals surface area contributed by atoms with Crippen LogP contribution < -0.4 is 10.6 Å². The Morgan fingerprint density at radius 1 is 1.19 bits per heavy atom. The number of nitrogens with zero attached hydrogens (tertiary/aromatic N) is 1. The molecule has 1 aliphatic rings. The summed E-state index contributed by atoms with van der Waals surface area (Å²) in [5, 5.41) is 9.21. The van der Waals surface area contributed by atoms with Crippen LogP contribution in [0, 0.1) is 0 Å². The highest BCUT2D eigenvalue weighted by molar-refractivity contribution is 7.10. The lowest BCUT2D eigenvalue weighted by Crippen LogP contribution is -2.46. The van der Waals surface area contributed by atoms with Crippen LogP contribution in [0.25, 0.3) is 0 Å². The van der Waals surface area contributed by atoms with Crippen LogP contribution in [-0.4, -0.2) is 49.2 Å². The molecule has 1 atom stereocenters. The standard InChI is InChI=1S/C19H25N3O3S2/c23-18(21-19(24)20-8-7-16-5-2-10-26-16)14-22(12-15-4-1-9-25-15)13-17-6-3-11-27-17/h2-3,5-6,10-11,15H,1,4,7-9,12-14H2,(H2,20,21,23,24)/t15-/m0/s1. The summed E-state index contributed by atoms with van der Waals surface area (Å²) in [4.78, 5) is 28.7. The van der Waals surface area contributed by atoms with E-state index >= 15 is 0 Å². The van der Waals surface area contributed by atoms with E-state index in [4.69, 9.17) is 4.74 Å². The van der Waals surface area contributed by atoms with Crippen LogP contribution in [0.15, 0.2) is 35.0 Å². The molecule has 0 spiro atoms. The van der Waals surface area contributed by atoms with Crippen molar-refractivity contribution in [3.8, 4) is 0 Å². The summed E-state index contributed by atoms with van der Waals surface area (Å²) in [5.41, 5.74) is 0. The minimum absolute atomic E-state index is 0.164. The SMILES string of the molecule is O=C(CN(Cc1cccs1)C[C@@H]1CCCO1)NC(=O)NCCc1cccs1. The van der Waals surface area contributed by atoms with E-state index in [9.17, 15) is 9.59 Å². The van der Waals surface area contributed by atoms with Crippen LogP contribution in [0.4, 0.5) is 4.79 Å². The normalized spacial score (nSPS) is 16.6. The van der Waals surface area contributed by atoms with E-state index in [0.717, 1.165) is 25.9 Å². The van der Waals surface area contributed by atoms with E-state index < -0.39 is 6.03 Å². The second-order valence-corrected chi connectivity index (χ2v) is 8.58. The van der Waals surface area contributed by atoms with E-state index in [1.165, 1.54) is 9.75 Å². The van der Waals surface area contributed by atoms with Gasteiger partial charge in [0, 0.05) is 36.0 Å². The lowest BCUT2D eigenvalue weighted by molar-refractivity contribution is -0.121. The minimum Gasteiger partial charge on any atom is -0.377 e. The third-order valence-electron chi connectivity index (χ3n) is 4.30. The predicted molar refractivity (Wildman–Crippen MR) is 108 cm³/mol. The summed E-state index contributed by atoms with van der Waals surface area (Å²) in [6.45, 7) is 2.86. The van der Waals surface area contributed by atoms with Gasteiger partial charge in [-0.1, -0.05) is 12.1 Å². The molecule has 3 rings (SSSR count). The van der Waals surface area contributed by atoms with Crippen LogP contribution in [0.3, 0.4) is 0 Å². The zero-order chi connectivity index (χ0) is 18.9. The summed E-state index contributed by atoms with van der Waals surface area (Å²) < 4.78 is 5.71. The molecule has 8 heteroatoms. The average molecular weight is 408 g/mol. The smallest absolute Gasteiger partial charge is 0.321 e. The van der Waals surface area contributed by atoms with Gasteiger partial charge in [-0.3, -0.25) is 15.0 Å². The molecule has 2 N–H and O–H groups in total. The number of carbonyl (C=O) groups excluding carboxylic acids is 2. The zero-order valence-electron chi connectivity index (χ0n) is 15.2. The highest BCUT2D eigenvalue weighted by atomic mass is 32.1. The number of carbonyl (C=O) groups is 2. The Hall–Kier alpha value is -1.74. The summed E-state index contributed by atoms with van der Waals surface area (Å²) in [7, 11) is 0. The van der Waals surface area contributed by atoms with Gasteiger partial charge in [0.1, 0.15) is 0 Å². The van der Waals surface area contributed by atoms with Crippen molar-refractivity contribution < 1.29 is 14.3 Å². The molecule has 3 heterocycles. The van der Waals surface area contributed by atoms with Gasteiger partial charge in [0.2, 0.25) is 5.91 Å². The van der Waals surface area contributed by atoms with E-state index in [1.807, 2.05) is 29.0 Å². The number of hydrogen-bond donors (Lipinski definition) is 2. The summed E-state index contributed by atoms with van der Waals surface area (Å²) in [5.74, 6) is -0.293. The van der Waals surface area contributed by atoms with Gasteiger partial charge in [-0.15, -0.1) is 22.7 Å². The van der Waals surface area contributed by atoms with Crippen molar-refractivity contribution in [1.82, 2.24) is 15.5 Å². The monoisotopic (exact) mass is 407 g/mol. The first-order chi connectivity index (χ1) is 13.2. The van der Waals surface area contributed by atoms with Crippen molar-refractivity contribution in [1.29, 1.82) is 0 Å². The lowest BCUT2D eigenvalue weighted by atomic mass is 10.2. The first-order valence-electron chi connectivity index (χ1n) is 9.15. The van der Waals surface area contributed by atoms with Crippen molar-refractivity contribution in [2.24, 2.45) is 0 Å². The Labute approximate surface area is 167 Å². The van der Waals surface area contributed by atoms with Gasteiger partial charge in [0.25, 0.3) is 0 Å². The summed E-state index contributed by atoms with van der Waals surface area (Å²) in [6.07, 6.45) is 3.02. The van der Waals surface area contributed by atoms with Crippen molar-refractivity contribution in [3.05, 3.63) is 44.8 Å². The Morgan fingerprint density at radius 3 is 2.63 bits per heavy atom. The van der Waals surface area contributed by atoms with Gasteiger partial charge in [0.05, 0.1) is 12.6 Å². The number of hydrogen-bond acceptors (Lipinski definition) is 6.